The zero-order valence-corrected chi connectivity index (χ0v) is 12.4. The molecule has 114 valence electrons. The smallest absolute Gasteiger partial charge is 0.336 e. The van der Waals surface area contributed by atoms with Gasteiger partial charge in [-0.25, -0.2) is 9.59 Å². The topological polar surface area (TPSA) is 98.9 Å². The van der Waals surface area contributed by atoms with Gasteiger partial charge in [-0.05, 0) is 20.8 Å². The zero-order chi connectivity index (χ0) is 15.9. The van der Waals surface area contributed by atoms with Crippen molar-refractivity contribution in [3.63, 3.8) is 0 Å². The Morgan fingerprint density at radius 1 is 1.25 bits per heavy atom. The SMILES string of the molecule is C=C(CC(C(=O)OC(C)N)=C(C)C)C(=O)OC(O)CC. The van der Waals surface area contributed by atoms with Crippen molar-refractivity contribution in [3.8, 4) is 0 Å². The lowest BCUT2D eigenvalue weighted by Gasteiger charge is -2.14. The zero-order valence-electron chi connectivity index (χ0n) is 12.4. The highest BCUT2D eigenvalue weighted by atomic mass is 16.6. The van der Waals surface area contributed by atoms with Crippen molar-refractivity contribution in [2.24, 2.45) is 5.73 Å². The number of carbonyl (C=O) groups is 2. The van der Waals surface area contributed by atoms with Crippen LogP contribution in [0.4, 0.5) is 0 Å². The monoisotopic (exact) mass is 285 g/mol. The van der Waals surface area contributed by atoms with Gasteiger partial charge in [0.1, 0.15) is 6.23 Å². The van der Waals surface area contributed by atoms with Gasteiger partial charge in [0.25, 0.3) is 0 Å². The Labute approximate surface area is 119 Å². The summed E-state index contributed by atoms with van der Waals surface area (Å²) in [5.74, 6) is -1.34. The summed E-state index contributed by atoms with van der Waals surface area (Å²) in [6.45, 7) is 10.2. The Bertz CT molecular complexity index is 408. The average molecular weight is 285 g/mol. The molecule has 0 aliphatic carbocycles. The first kappa shape index (κ1) is 18.3. The minimum Gasteiger partial charge on any atom is -0.444 e. The van der Waals surface area contributed by atoms with E-state index in [2.05, 4.69) is 6.58 Å². The van der Waals surface area contributed by atoms with Gasteiger partial charge in [-0.2, -0.15) is 0 Å². The summed E-state index contributed by atoms with van der Waals surface area (Å²) in [6.07, 6.45) is -1.64. The molecular weight excluding hydrogens is 262 g/mol. The van der Waals surface area contributed by atoms with Crippen LogP contribution in [0.3, 0.4) is 0 Å². The van der Waals surface area contributed by atoms with E-state index in [1.807, 2.05) is 0 Å². The number of hydrogen-bond acceptors (Lipinski definition) is 6. The summed E-state index contributed by atoms with van der Waals surface area (Å²) in [7, 11) is 0. The second-order valence-electron chi connectivity index (χ2n) is 4.64. The molecule has 3 N–H and O–H groups in total. The molecule has 6 nitrogen and oxygen atoms in total. The quantitative estimate of drug-likeness (QED) is 0.416. The van der Waals surface area contributed by atoms with Crippen LogP contribution < -0.4 is 5.73 Å². The van der Waals surface area contributed by atoms with Gasteiger partial charge in [0.2, 0.25) is 6.29 Å². The fourth-order valence-corrected chi connectivity index (χ4v) is 1.27. The molecule has 0 rings (SSSR count). The Morgan fingerprint density at radius 3 is 2.20 bits per heavy atom. The summed E-state index contributed by atoms with van der Waals surface area (Å²) < 4.78 is 9.62. The highest BCUT2D eigenvalue weighted by Crippen LogP contribution is 2.17. The van der Waals surface area contributed by atoms with Gasteiger partial charge in [-0.3, -0.25) is 5.73 Å². The van der Waals surface area contributed by atoms with E-state index in [0.29, 0.717) is 11.1 Å². The number of rotatable bonds is 7. The van der Waals surface area contributed by atoms with Crippen LogP contribution in [0.5, 0.6) is 0 Å². The third-order valence-electron chi connectivity index (χ3n) is 2.41. The van der Waals surface area contributed by atoms with Crippen molar-refractivity contribution in [1.29, 1.82) is 0 Å². The van der Waals surface area contributed by atoms with E-state index >= 15 is 0 Å². The molecule has 0 bridgehead atoms. The van der Waals surface area contributed by atoms with Crippen LogP contribution in [0.15, 0.2) is 23.3 Å². The van der Waals surface area contributed by atoms with Crippen LogP contribution in [0.2, 0.25) is 0 Å². The minimum absolute atomic E-state index is 0.0108. The normalized spacial score (nSPS) is 13.1. The lowest BCUT2D eigenvalue weighted by atomic mass is 10.0. The minimum atomic E-state index is -1.18. The maximum absolute atomic E-state index is 11.8. The molecule has 6 heteroatoms. The van der Waals surface area contributed by atoms with Gasteiger partial charge < -0.3 is 14.6 Å². The van der Waals surface area contributed by atoms with Gasteiger partial charge in [0.15, 0.2) is 0 Å². The van der Waals surface area contributed by atoms with Crippen LogP contribution in [0.1, 0.15) is 40.5 Å². The molecule has 0 aliphatic rings. The van der Waals surface area contributed by atoms with Gasteiger partial charge in [-0.1, -0.05) is 19.1 Å². The summed E-state index contributed by atoms with van der Waals surface area (Å²) in [4.78, 5) is 23.5. The van der Waals surface area contributed by atoms with Crippen molar-refractivity contribution in [3.05, 3.63) is 23.3 Å². The Hall–Kier alpha value is -1.66. The molecular formula is C14H23NO5. The molecule has 2 unspecified atom stereocenters. The summed E-state index contributed by atoms with van der Waals surface area (Å²) >= 11 is 0. The molecule has 2 atom stereocenters. The highest BCUT2D eigenvalue weighted by molar-refractivity contribution is 5.94. The number of aliphatic hydroxyl groups is 1. The second-order valence-corrected chi connectivity index (χ2v) is 4.64. The predicted octanol–water partition coefficient (Wildman–Crippen LogP) is 1.39. The van der Waals surface area contributed by atoms with Gasteiger partial charge >= 0.3 is 11.9 Å². The number of ether oxygens (including phenoxy) is 2. The average Bonchev–Trinajstić information content (AvgIpc) is 2.33. The van der Waals surface area contributed by atoms with Crippen LogP contribution >= 0.6 is 0 Å². The Morgan fingerprint density at radius 2 is 1.80 bits per heavy atom. The van der Waals surface area contributed by atoms with Crippen LogP contribution in [-0.4, -0.2) is 29.6 Å². The van der Waals surface area contributed by atoms with E-state index < -0.39 is 24.5 Å². The molecule has 0 amide bonds. The first-order valence-corrected chi connectivity index (χ1v) is 6.38. The Kier molecular flexibility index (Phi) is 7.79. The van der Waals surface area contributed by atoms with E-state index in [4.69, 9.17) is 15.2 Å². The van der Waals surface area contributed by atoms with Crippen LogP contribution in [0, 0.1) is 0 Å². The molecule has 0 aromatic rings. The molecule has 0 saturated carbocycles. The highest BCUT2D eigenvalue weighted by Gasteiger charge is 2.20. The number of hydrogen-bond donors (Lipinski definition) is 2. The second kappa shape index (κ2) is 8.50. The van der Waals surface area contributed by atoms with Gasteiger partial charge in [0.05, 0.1) is 0 Å². The van der Waals surface area contributed by atoms with E-state index in [0.717, 1.165) is 0 Å². The van der Waals surface area contributed by atoms with E-state index in [1.165, 1.54) is 6.92 Å². The number of allylic oxidation sites excluding steroid dienone is 1. The van der Waals surface area contributed by atoms with Crippen LogP contribution in [0.25, 0.3) is 0 Å². The first-order valence-electron chi connectivity index (χ1n) is 6.38. The third-order valence-corrected chi connectivity index (χ3v) is 2.41. The molecule has 0 fully saturated rings. The maximum Gasteiger partial charge on any atom is 0.336 e. The molecule has 0 aliphatic heterocycles. The lowest BCUT2D eigenvalue weighted by Crippen LogP contribution is -2.25. The summed E-state index contributed by atoms with van der Waals surface area (Å²) in [5, 5.41) is 9.24. The Balaban J connectivity index is 4.79. The van der Waals surface area contributed by atoms with Crippen molar-refractivity contribution in [2.45, 2.75) is 53.1 Å². The summed E-state index contributed by atoms with van der Waals surface area (Å²) in [6, 6.07) is 0. The lowest BCUT2D eigenvalue weighted by molar-refractivity contribution is -0.163. The molecule has 0 radical (unpaired) electrons. The van der Waals surface area contributed by atoms with Crippen molar-refractivity contribution in [1.82, 2.24) is 0 Å². The first-order chi connectivity index (χ1) is 9.18. The number of carbonyl (C=O) groups excluding carboxylic acids is 2. The third kappa shape index (κ3) is 6.49. The number of nitrogens with two attached hydrogens (primary N) is 1. The van der Waals surface area contributed by atoms with Crippen LogP contribution in [-0.2, 0) is 19.1 Å². The largest absolute Gasteiger partial charge is 0.444 e. The van der Waals surface area contributed by atoms with Crippen molar-refractivity contribution in [2.75, 3.05) is 0 Å². The van der Waals surface area contributed by atoms with Crippen molar-refractivity contribution >= 4 is 11.9 Å². The fraction of sp³-hybridized carbons (Fsp3) is 0.571. The molecule has 0 saturated heterocycles. The molecule has 20 heavy (non-hydrogen) atoms. The number of esters is 2. The molecule has 0 heterocycles. The number of aliphatic hydroxyl groups excluding tert-OH is 1. The standard InChI is InChI=1S/C14H23NO5/c1-6-12(16)20-13(17)9(4)7-11(8(2)3)14(18)19-10(5)15/h10,12,16H,4,6-7,15H2,1-3,5H3. The molecule has 0 aromatic heterocycles. The van der Waals surface area contributed by atoms with Gasteiger partial charge in [-0.15, -0.1) is 0 Å². The van der Waals surface area contributed by atoms with Gasteiger partial charge in [0, 0.05) is 24.0 Å². The van der Waals surface area contributed by atoms with E-state index in [-0.39, 0.29) is 18.4 Å². The fourth-order valence-electron chi connectivity index (χ4n) is 1.27. The molecule has 0 spiro atoms. The van der Waals surface area contributed by atoms with Crippen molar-refractivity contribution < 1.29 is 24.2 Å². The van der Waals surface area contributed by atoms with E-state index in [1.54, 1.807) is 20.8 Å². The summed E-state index contributed by atoms with van der Waals surface area (Å²) in [5.41, 5.74) is 6.45. The maximum atomic E-state index is 11.8. The molecule has 0 aromatic carbocycles. The van der Waals surface area contributed by atoms with E-state index in [9.17, 15) is 14.7 Å². The predicted molar refractivity (Wildman–Crippen MR) is 74.3 cm³/mol.